The number of ether oxygens (including phenoxy) is 3. The largest absolute Gasteiger partial charge is 0.493 e. The zero-order valence-corrected chi connectivity index (χ0v) is 14.9. The van der Waals surface area contributed by atoms with Crippen molar-refractivity contribution in [1.29, 1.82) is 0 Å². The van der Waals surface area contributed by atoms with Crippen LogP contribution >= 0.6 is 0 Å². The summed E-state index contributed by atoms with van der Waals surface area (Å²) in [5, 5.41) is 11.9. The summed E-state index contributed by atoms with van der Waals surface area (Å²) in [5.41, 5.74) is 0.210. The van der Waals surface area contributed by atoms with Crippen LogP contribution in [0, 0.1) is 0 Å². The van der Waals surface area contributed by atoms with Gasteiger partial charge in [0.1, 0.15) is 19.3 Å². The third-order valence-corrected chi connectivity index (χ3v) is 3.89. The highest BCUT2D eigenvalue weighted by molar-refractivity contribution is 5.97. The van der Waals surface area contributed by atoms with Gasteiger partial charge in [0.25, 0.3) is 5.91 Å². The van der Waals surface area contributed by atoms with Crippen LogP contribution < -0.4 is 19.5 Å². The molecule has 0 fully saturated rings. The number of carbonyl (C=O) groups excluding carboxylic acids is 2. The first-order valence-corrected chi connectivity index (χ1v) is 8.11. The minimum absolute atomic E-state index is 0.0443. The Morgan fingerprint density at radius 3 is 2.62 bits per heavy atom. The van der Waals surface area contributed by atoms with Gasteiger partial charge < -0.3 is 29.5 Å². The van der Waals surface area contributed by atoms with Gasteiger partial charge in [-0.3, -0.25) is 9.59 Å². The lowest BCUT2D eigenvalue weighted by molar-refractivity contribution is -0.141. The van der Waals surface area contributed by atoms with Crippen molar-refractivity contribution in [2.75, 3.05) is 33.4 Å². The van der Waals surface area contributed by atoms with Gasteiger partial charge in [-0.25, -0.2) is 4.79 Å². The second-order valence-electron chi connectivity index (χ2n) is 5.70. The molecule has 1 heterocycles. The average molecular weight is 366 g/mol. The van der Waals surface area contributed by atoms with Crippen LogP contribution in [0.4, 0.5) is 0 Å². The quantitative estimate of drug-likeness (QED) is 0.723. The Hall–Kier alpha value is -2.97. The maximum atomic E-state index is 12.9. The molecule has 0 radical (unpaired) electrons. The van der Waals surface area contributed by atoms with Crippen molar-refractivity contribution in [3.05, 3.63) is 17.7 Å². The van der Waals surface area contributed by atoms with Crippen LogP contribution in [0.3, 0.4) is 0 Å². The fourth-order valence-electron chi connectivity index (χ4n) is 2.52. The number of nitrogens with one attached hydrogen (secondary N) is 1. The predicted molar refractivity (Wildman–Crippen MR) is 90.8 cm³/mol. The Bertz CT molecular complexity index is 687. The van der Waals surface area contributed by atoms with Crippen molar-refractivity contribution in [2.24, 2.45) is 0 Å². The number of rotatable bonds is 7. The van der Waals surface area contributed by atoms with E-state index in [0.717, 1.165) is 0 Å². The number of benzene rings is 1. The van der Waals surface area contributed by atoms with E-state index >= 15 is 0 Å². The van der Waals surface area contributed by atoms with E-state index in [4.69, 9.17) is 14.2 Å². The van der Waals surface area contributed by atoms with Gasteiger partial charge >= 0.3 is 5.97 Å². The van der Waals surface area contributed by atoms with E-state index in [-0.39, 0.29) is 24.6 Å². The van der Waals surface area contributed by atoms with Gasteiger partial charge in [-0.15, -0.1) is 0 Å². The van der Waals surface area contributed by atoms with Gasteiger partial charge in [-0.2, -0.15) is 0 Å². The van der Waals surface area contributed by atoms with Crippen LogP contribution in [0.2, 0.25) is 0 Å². The Kier molecular flexibility index (Phi) is 6.26. The Morgan fingerprint density at radius 1 is 1.31 bits per heavy atom. The van der Waals surface area contributed by atoms with Crippen LogP contribution in [0.25, 0.3) is 0 Å². The minimum atomic E-state index is -1.15. The summed E-state index contributed by atoms with van der Waals surface area (Å²) in [7, 11) is 1.44. The van der Waals surface area contributed by atoms with Crippen LogP contribution in [-0.2, 0) is 9.59 Å². The van der Waals surface area contributed by atoms with Gasteiger partial charge in [-0.1, -0.05) is 0 Å². The maximum Gasteiger partial charge on any atom is 0.326 e. The first kappa shape index (κ1) is 19.4. The molecule has 0 bridgehead atoms. The molecule has 1 unspecified atom stereocenters. The van der Waals surface area contributed by atoms with E-state index in [1.54, 1.807) is 0 Å². The molecule has 9 nitrogen and oxygen atoms in total. The summed E-state index contributed by atoms with van der Waals surface area (Å²) in [4.78, 5) is 36.5. The van der Waals surface area contributed by atoms with Crippen LogP contribution in [0.15, 0.2) is 12.1 Å². The summed E-state index contributed by atoms with van der Waals surface area (Å²) >= 11 is 0. The van der Waals surface area contributed by atoms with Gasteiger partial charge in [-0.05, 0) is 19.1 Å². The molecule has 1 atom stereocenters. The van der Waals surface area contributed by atoms with Crippen LogP contribution in [0.1, 0.15) is 24.2 Å². The van der Waals surface area contributed by atoms with E-state index in [1.807, 2.05) is 0 Å². The number of hydrogen-bond acceptors (Lipinski definition) is 6. The zero-order valence-electron chi connectivity index (χ0n) is 14.9. The summed E-state index contributed by atoms with van der Waals surface area (Å²) in [6.07, 6.45) is 0. The van der Waals surface area contributed by atoms with Gasteiger partial charge in [0.2, 0.25) is 11.7 Å². The lowest BCUT2D eigenvalue weighted by Crippen LogP contribution is -2.46. The molecule has 2 rings (SSSR count). The second kappa shape index (κ2) is 8.41. The number of amides is 2. The monoisotopic (exact) mass is 366 g/mol. The van der Waals surface area contributed by atoms with E-state index in [9.17, 15) is 19.5 Å². The zero-order chi connectivity index (χ0) is 19.3. The number of carboxylic acids is 1. The molecule has 0 aromatic heterocycles. The number of nitrogens with zero attached hydrogens (tertiary/aromatic N) is 1. The van der Waals surface area contributed by atoms with E-state index in [0.29, 0.717) is 30.5 Å². The van der Waals surface area contributed by atoms with Crippen LogP contribution in [-0.4, -0.2) is 67.2 Å². The molecule has 0 aliphatic carbocycles. The van der Waals surface area contributed by atoms with Crippen molar-refractivity contribution < 1.29 is 33.7 Å². The topological polar surface area (TPSA) is 114 Å². The molecule has 1 aromatic carbocycles. The third-order valence-electron chi connectivity index (χ3n) is 3.89. The smallest absolute Gasteiger partial charge is 0.326 e. The molecular weight excluding hydrogens is 344 g/mol. The highest BCUT2D eigenvalue weighted by Crippen LogP contribution is 2.40. The Labute approximate surface area is 150 Å². The molecule has 1 aliphatic heterocycles. The second-order valence-corrected chi connectivity index (χ2v) is 5.70. The summed E-state index contributed by atoms with van der Waals surface area (Å²) in [6.45, 7) is 3.64. The van der Waals surface area contributed by atoms with E-state index < -0.39 is 17.9 Å². The molecule has 1 aliphatic rings. The van der Waals surface area contributed by atoms with E-state index in [1.165, 1.54) is 38.0 Å². The molecule has 0 spiro atoms. The highest BCUT2D eigenvalue weighted by Gasteiger charge is 2.29. The van der Waals surface area contributed by atoms with Gasteiger partial charge in [0.15, 0.2) is 11.5 Å². The molecule has 0 saturated carbocycles. The first-order valence-electron chi connectivity index (χ1n) is 8.11. The number of methoxy groups -OCH3 is 1. The fourth-order valence-corrected chi connectivity index (χ4v) is 2.52. The highest BCUT2D eigenvalue weighted by atomic mass is 16.6. The molecule has 142 valence electrons. The Balaban J connectivity index is 2.31. The predicted octanol–water partition coefficient (Wildman–Crippen LogP) is 0.518. The lowest BCUT2D eigenvalue weighted by Gasteiger charge is -2.28. The molecule has 2 N–H and O–H groups in total. The lowest BCUT2D eigenvalue weighted by atomic mass is 10.1. The summed E-state index contributed by atoms with van der Waals surface area (Å²) in [6, 6.07) is 1.91. The molecule has 2 amide bonds. The first-order chi connectivity index (χ1) is 12.3. The molecule has 26 heavy (non-hydrogen) atoms. The van der Waals surface area contributed by atoms with Gasteiger partial charge in [0, 0.05) is 25.6 Å². The number of hydrogen-bond donors (Lipinski definition) is 2. The number of carboxylic acid groups (broad SMARTS) is 1. The fraction of sp³-hybridized carbons (Fsp3) is 0.471. The summed E-state index contributed by atoms with van der Waals surface area (Å²) in [5.74, 6) is -0.821. The van der Waals surface area contributed by atoms with Gasteiger partial charge in [0.05, 0.1) is 7.11 Å². The number of aliphatic carboxylic acids is 1. The standard InChI is InChI=1S/C17H22N2O7/c1-10(17(22)23)19(5-4-18-11(2)20)16(21)12-8-13(24-3)15-14(9-12)25-6-7-26-15/h8-10H,4-7H2,1-3H3,(H,18,20)(H,22,23). The van der Waals surface area contributed by atoms with E-state index in [2.05, 4.69) is 5.32 Å². The minimum Gasteiger partial charge on any atom is -0.493 e. The van der Waals surface area contributed by atoms with Crippen molar-refractivity contribution >= 4 is 17.8 Å². The molecule has 1 aromatic rings. The summed E-state index contributed by atoms with van der Waals surface area (Å²) < 4.78 is 16.3. The van der Waals surface area contributed by atoms with Crippen molar-refractivity contribution in [1.82, 2.24) is 10.2 Å². The third kappa shape index (κ3) is 4.35. The molecular formula is C17H22N2O7. The number of fused-ring (bicyclic) bond motifs is 1. The van der Waals surface area contributed by atoms with Crippen molar-refractivity contribution in [2.45, 2.75) is 19.9 Å². The van der Waals surface area contributed by atoms with Crippen molar-refractivity contribution in [3.63, 3.8) is 0 Å². The Morgan fingerprint density at radius 2 is 2.00 bits per heavy atom. The van der Waals surface area contributed by atoms with Crippen LogP contribution in [0.5, 0.6) is 17.2 Å². The maximum absolute atomic E-state index is 12.9. The molecule has 0 saturated heterocycles. The average Bonchev–Trinajstić information content (AvgIpc) is 2.62. The normalized spacial score (nSPS) is 13.5. The number of carbonyl (C=O) groups is 3. The molecule has 9 heteroatoms. The SMILES string of the molecule is COc1cc(C(=O)N(CCNC(C)=O)C(C)C(=O)O)cc2c1OCCO2. The van der Waals surface area contributed by atoms with Crippen molar-refractivity contribution in [3.8, 4) is 17.2 Å².